The van der Waals surface area contributed by atoms with Crippen molar-refractivity contribution >= 4 is 28.4 Å². The van der Waals surface area contributed by atoms with E-state index in [-0.39, 0.29) is 0 Å². The number of hydrogen-bond donors (Lipinski definition) is 2. The molecular weight excluding hydrogens is 304 g/mol. The van der Waals surface area contributed by atoms with E-state index in [1.165, 1.54) is 0 Å². The number of likely N-dealkylation sites (tertiary alicyclic amines) is 1. The summed E-state index contributed by atoms with van der Waals surface area (Å²) < 4.78 is 0. The SMILES string of the molecule is CN1CCC(CNC(=O)C(=O)Nc2ccc3ncccc3c2)CC1. The van der Waals surface area contributed by atoms with Gasteiger partial charge in [-0.25, -0.2) is 0 Å². The van der Waals surface area contributed by atoms with Crippen LogP contribution in [0.5, 0.6) is 0 Å². The summed E-state index contributed by atoms with van der Waals surface area (Å²) in [5.74, 6) is -0.768. The minimum Gasteiger partial charge on any atom is -0.348 e. The van der Waals surface area contributed by atoms with Crippen molar-refractivity contribution in [3.8, 4) is 0 Å². The van der Waals surface area contributed by atoms with Gasteiger partial charge in [0.05, 0.1) is 5.52 Å². The second-order valence-electron chi connectivity index (χ2n) is 6.32. The van der Waals surface area contributed by atoms with Crippen LogP contribution in [0.1, 0.15) is 12.8 Å². The molecular formula is C18H22N4O2. The molecule has 1 aromatic carbocycles. The van der Waals surface area contributed by atoms with Gasteiger partial charge in [-0.15, -0.1) is 0 Å². The molecule has 1 fully saturated rings. The lowest BCUT2D eigenvalue weighted by atomic mass is 9.97. The van der Waals surface area contributed by atoms with Crippen molar-refractivity contribution in [3.63, 3.8) is 0 Å². The van der Waals surface area contributed by atoms with Crippen molar-refractivity contribution in [1.82, 2.24) is 15.2 Å². The zero-order valence-corrected chi connectivity index (χ0v) is 13.8. The van der Waals surface area contributed by atoms with Crippen molar-refractivity contribution in [2.45, 2.75) is 12.8 Å². The van der Waals surface area contributed by atoms with E-state index < -0.39 is 11.8 Å². The van der Waals surface area contributed by atoms with Crippen LogP contribution in [0, 0.1) is 5.92 Å². The highest BCUT2D eigenvalue weighted by Crippen LogP contribution is 2.17. The number of piperidine rings is 1. The van der Waals surface area contributed by atoms with Crippen molar-refractivity contribution in [2.24, 2.45) is 5.92 Å². The highest BCUT2D eigenvalue weighted by atomic mass is 16.2. The van der Waals surface area contributed by atoms with Crippen molar-refractivity contribution in [3.05, 3.63) is 36.5 Å². The third kappa shape index (κ3) is 4.08. The molecule has 6 nitrogen and oxygen atoms in total. The number of nitrogens with one attached hydrogen (secondary N) is 2. The van der Waals surface area contributed by atoms with Gasteiger partial charge in [-0.2, -0.15) is 0 Å². The molecule has 126 valence electrons. The van der Waals surface area contributed by atoms with Crippen LogP contribution in [-0.4, -0.2) is 48.4 Å². The van der Waals surface area contributed by atoms with E-state index >= 15 is 0 Å². The summed E-state index contributed by atoms with van der Waals surface area (Å²) in [5, 5.41) is 6.30. The first-order valence-corrected chi connectivity index (χ1v) is 8.24. The molecule has 3 rings (SSSR count). The Morgan fingerprint density at radius 3 is 2.79 bits per heavy atom. The zero-order valence-electron chi connectivity index (χ0n) is 13.8. The van der Waals surface area contributed by atoms with Gasteiger partial charge < -0.3 is 15.5 Å². The molecule has 0 spiro atoms. The van der Waals surface area contributed by atoms with Gasteiger partial charge in [-0.05, 0) is 63.2 Å². The summed E-state index contributed by atoms with van der Waals surface area (Å²) in [7, 11) is 2.10. The molecule has 0 atom stereocenters. The highest BCUT2D eigenvalue weighted by molar-refractivity contribution is 6.39. The fourth-order valence-electron chi connectivity index (χ4n) is 2.92. The van der Waals surface area contributed by atoms with Gasteiger partial charge in [0.2, 0.25) is 0 Å². The van der Waals surface area contributed by atoms with Crippen LogP contribution in [0.3, 0.4) is 0 Å². The lowest BCUT2D eigenvalue weighted by Crippen LogP contribution is -2.41. The number of nitrogens with zero attached hydrogens (tertiary/aromatic N) is 2. The Labute approximate surface area is 141 Å². The molecule has 2 aromatic rings. The van der Waals surface area contributed by atoms with Crippen LogP contribution in [0.2, 0.25) is 0 Å². The van der Waals surface area contributed by atoms with Crippen LogP contribution in [-0.2, 0) is 9.59 Å². The predicted octanol–water partition coefficient (Wildman–Crippen LogP) is 1.63. The molecule has 0 unspecified atom stereocenters. The Balaban J connectivity index is 1.52. The first-order chi connectivity index (χ1) is 11.6. The molecule has 0 aliphatic carbocycles. The first-order valence-electron chi connectivity index (χ1n) is 8.24. The van der Waals surface area contributed by atoms with Gasteiger partial charge in [-0.3, -0.25) is 14.6 Å². The average molecular weight is 326 g/mol. The van der Waals surface area contributed by atoms with Crippen molar-refractivity contribution < 1.29 is 9.59 Å². The third-order valence-electron chi connectivity index (χ3n) is 4.46. The van der Waals surface area contributed by atoms with Crippen LogP contribution in [0.15, 0.2) is 36.5 Å². The Kier molecular flexibility index (Phi) is 5.05. The fourth-order valence-corrected chi connectivity index (χ4v) is 2.92. The molecule has 24 heavy (non-hydrogen) atoms. The highest BCUT2D eigenvalue weighted by Gasteiger charge is 2.19. The van der Waals surface area contributed by atoms with E-state index in [9.17, 15) is 9.59 Å². The molecule has 2 heterocycles. The molecule has 6 heteroatoms. The second-order valence-corrected chi connectivity index (χ2v) is 6.32. The number of fused-ring (bicyclic) bond motifs is 1. The van der Waals surface area contributed by atoms with Crippen LogP contribution in [0.25, 0.3) is 10.9 Å². The molecule has 2 amide bonds. The molecule has 0 saturated carbocycles. The minimum atomic E-state index is -0.633. The number of pyridine rings is 1. The van der Waals surface area contributed by atoms with Crippen LogP contribution in [0.4, 0.5) is 5.69 Å². The van der Waals surface area contributed by atoms with E-state index in [1.54, 1.807) is 12.3 Å². The summed E-state index contributed by atoms with van der Waals surface area (Å²) >= 11 is 0. The Morgan fingerprint density at radius 2 is 2.00 bits per heavy atom. The number of benzene rings is 1. The Hall–Kier alpha value is -2.47. The first kappa shape index (κ1) is 16.4. The standard InChI is InChI=1S/C18H22N4O2/c1-22-9-6-13(7-10-22)12-20-17(23)18(24)21-15-4-5-16-14(11-15)3-2-8-19-16/h2-5,8,11,13H,6-7,9-10,12H2,1H3,(H,20,23)(H,21,24). The minimum absolute atomic E-state index is 0.449. The maximum atomic E-state index is 12.0. The largest absolute Gasteiger partial charge is 0.348 e. The van der Waals surface area contributed by atoms with Crippen molar-refractivity contribution in [2.75, 3.05) is 32.0 Å². The second kappa shape index (κ2) is 7.40. The average Bonchev–Trinajstić information content (AvgIpc) is 2.61. The van der Waals surface area contributed by atoms with Crippen molar-refractivity contribution in [1.29, 1.82) is 0 Å². The lowest BCUT2D eigenvalue weighted by molar-refractivity contribution is -0.136. The predicted molar refractivity (Wildman–Crippen MR) is 93.6 cm³/mol. The molecule has 1 aliphatic rings. The number of rotatable bonds is 3. The van der Waals surface area contributed by atoms with Crippen LogP contribution < -0.4 is 10.6 Å². The number of hydrogen-bond acceptors (Lipinski definition) is 4. The van der Waals surface area contributed by atoms with Crippen LogP contribution >= 0.6 is 0 Å². The van der Waals surface area contributed by atoms with E-state index in [0.29, 0.717) is 18.2 Å². The van der Waals surface area contributed by atoms with E-state index in [2.05, 4.69) is 27.6 Å². The van der Waals surface area contributed by atoms with E-state index in [0.717, 1.165) is 36.8 Å². The van der Waals surface area contributed by atoms with E-state index in [1.807, 2.05) is 24.3 Å². The number of amides is 2. The Morgan fingerprint density at radius 1 is 1.21 bits per heavy atom. The number of carbonyl (C=O) groups is 2. The van der Waals surface area contributed by atoms with Gasteiger partial charge >= 0.3 is 11.8 Å². The summed E-state index contributed by atoms with van der Waals surface area (Å²) in [6.07, 6.45) is 3.82. The smallest absolute Gasteiger partial charge is 0.313 e. The quantitative estimate of drug-likeness (QED) is 0.841. The van der Waals surface area contributed by atoms with E-state index in [4.69, 9.17) is 0 Å². The monoisotopic (exact) mass is 326 g/mol. The number of aromatic nitrogens is 1. The normalized spacial score (nSPS) is 16.0. The summed E-state index contributed by atoms with van der Waals surface area (Å²) in [5.41, 5.74) is 1.44. The van der Waals surface area contributed by atoms with Gasteiger partial charge in [0.15, 0.2) is 0 Å². The number of anilines is 1. The third-order valence-corrected chi connectivity index (χ3v) is 4.46. The zero-order chi connectivity index (χ0) is 16.9. The topological polar surface area (TPSA) is 74.3 Å². The molecule has 1 aromatic heterocycles. The Bertz CT molecular complexity index is 739. The molecule has 0 radical (unpaired) electrons. The van der Waals surface area contributed by atoms with Gasteiger partial charge in [0.25, 0.3) is 0 Å². The maximum absolute atomic E-state index is 12.0. The van der Waals surface area contributed by atoms with Gasteiger partial charge in [0.1, 0.15) is 0 Å². The summed E-state index contributed by atoms with van der Waals surface area (Å²) in [4.78, 5) is 30.5. The summed E-state index contributed by atoms with van der Waals surface area (Å²) in [6.45, 7) is 2.64. The lowest BCUT2D eigenvalue weighted by Gasteiger charge is -2.28. The fraction of sp³-hybridized carbons (Fsp3) is 0.389. The molecule has 2 N–H and O–H groups in total. The maximum Gasteiger partial charge on any atom is 0.313 e. The van der Waals surface area contributed by atoms with Gasteiger partial charge in [0, 0.05) is 23.8 Å². The molecule has 1 aliphatic heterocycles. The number of carbonyl (C=O) groups excluding carboxylic acids is 2. The van der Waals surface area contributed by atoms with Gasteiger partial charge in [-0.1, -0.05) is 6.07 Å². The molecule has 0 bridgehead atoms. The summed E-state index contributed by atoms with van der Waals surface area (Å²) in [6, 6.07) is 9.13. The molecule has 1 saturated heterocycles.